The summed E-state index contributed by atoms with van der Waals surface area (Å²) in [5, 5.41) is 0. The van der Waals surface area contributed by atoms with Crippen molar-refractivity contribution >= 4 is 15.9 Å². The summed E-state index contributed by atoms with van der Waals surface area (Å²) in [4.78, 5) is 8.48. The second kappa shape index (κ2) is 4.57. The summed E-state index contributed by atoms with van der Waals surface area (Å²) in [5.74, 6) is 0. The summed E-state index contributed by atoms with van der Waals surface area (Å²) < 4.78 is 3.02. The zero-order valence-corrected chi connectivity index (χ0v) is 10.1. The molecule has 0 amide bonds. The Hall–Kier alpha value is -1.16. The fourth-order valence-corrected chi connectivity index (χ4v) is 2.03. The molecular weight excluding hydrogens is 254 g/mol. The van der Waals surface area contributed by atoms with Crippen LogP contribution in [0.3, 0.4) is 0 Å². The molecule has 0 aromatic carbocycles. The fraction of sp³-hybridized carbons (Fsp3) is 0.273. The monoisotopic (exact) mass is 265 g/mol. The molecule has 2 heterocycles. The van der Waals surface area contributed by atoms with Crippen LogP contribution in [-0.4, -0.2) is 14.5 Å². The third-order valence-corrected chi connectivity index (χ3v) is 2.96. The minimum Gasteiger partial charge on any atom is -0.323 e. The van der Waals surface area contributed by atoms with Crippen molar-refractivity contribution in [3.63, 3.8) is 0 Å². The van der Waals surface area contributed by atoms with E-state index in [9.17, 15) is 0 Å². The standard InChI is InChI=1S/C11H12BrN3/c1-9-8-14-11(12)15(9)7-5-10-4-2-3-6-13-10/h2-4,6,8H,5,7H2,1H3. The van der Waals surface area contributed by atoms with Crippen molar-refractivity contribution in [1.82, 2.24) is 14.5 Å². The number of imidazole rings is 1. The van der Waals surface area contributed by atoms with Crippen LogP contribution in [0.15, 0.2) is 35.3 Å². The molecule has 78 valence electrons. The van der Waals surface area contributed by atoms with Gasteiger partial charge in [-0.1, -0.05) is 6.07 Å². The van der Waals surface area contributed by atoms with Gasteiger partial charge in [-0.3, -0.25) is 4.98 Å². The summed E-state index contributed by atoms with van der Waals surface area (Å²) in [7, 11) is 0. The van der Waals surface area contributed by atoms with Crippen LogP contribution >= 0.6 is 15.9 Å². The molecule has 15 heavy (non-hydrogen) atoms. The first-order valence-corrected chi connectivity index (χ1v) is 5.64. The predicted octanol–water partition coefficient (Wildman–Crippen LogP) is 2.59. The zero-order chi connectivity index (χ0) is 10.7. The Kier molecular flexibility index (Phi) is 3.16. The lowest BCUT2D eigenvalue weighted by atomic mass is 10.2. The summed E-state index contributed by atoms with van der Waals surface area (Å²) in [6, 6.07) is 5.99. The van der Waals surface area contributed by atoms with Crippen LogP contribution < -0.4 is 0 Å². The van der Waals surface area contributed by atoms with Gasteiger partial charge in [-0.2, -0.15) is 0 Å². The third kappa shape index (κ3) is 2.45. The minimum absolute atomic E-state index is 0.885. The van der Waals surface area contributed by atoms with Crippen molar-refractivity contribution in [3.8, 4) is 0 Å². The zero-order valence-electron chi connectivity index (χ0n) is 8.52. The highest BCUT2D eigenvalue weighted by Gasteiger charge is 2.03. The van der Waals surface area contributed by atoms with Crippen LogP contribution in [0.1, 0.15) is 11.4 Å². The van der Waals surface area contributed by atoms with E-state index >= 15 is 0 Å². The van der Waals surface area contributed by atoms with Gasteiger partial charge in [0.05, 0.1) is 0 Å². The molecule has 0 fully saturated rings. The molecule has 0 N–H and O–H groups in total. The van der Waals surface area contributed by atoms with Gasteiger partial charge in [0.25, 0.3) is 0 Å². The molecule has 0 aliphatic carbocycles. The molecule has 0 atom stereocenters. The summed E-state index contributed by atoms with van der Waals surface area (Å²) in [5.41, 5.74) is 2.27. The number of nitrogens with zero attached hydrogens (tertiary/aromatic N) is 3. The molecule has 0 aliphatic rings. The average molecular weight is 266 g/mol. The lowest BCUT2D eigenvalue weighted by Gasteiger charge is -2.05. The number of aromatic nitrogens is 3. The van der Waals surface area contributed by atoms with E-state index in [-0.39, 0.29) is 0 Å². The Morgan fingerprint density at radius 2 is 2.20 bits per heavy atom. The van der Waals surface area contributed by atoms with Gasteiger partial charge in [-0.25, -0.2) is 4.98 Å². The molecule has 2 aromatic rings. The van der Waals surface area contributed by atoms with E-state index in [2.05, 4.69) is 37.4 Å². The van der Waals surface area contributed by atoms with E-state index < -0.39 is 0 Å². The quantitative estimate of drug-likeness (QED) is 0.854. The number of halogens is 1. The Morgan fingerprint density at radius 1 is 1.33 bits per heavy atom. The van der Waals surface area contributed by atoms with Gasteiger partial charge in [-0.05, 0) is 35.0 Å². The molecule has 0 saturated carbocycles. The number of aryl methyl sites for hydroxylation is 2. The highest BCUT2D eigenvalue weighted by Crippen LogP contribution is 2.11. The smallest absolute Gasteiger partial charge is 0.177 e. The van der Waals surface area contributed by atoms with Gasteiger partial charge < -0.3 is 4.57 Å². The molecule has 0 radical (unpaired) electrons. The van der Waals surface area contributed by atoms with Gasteiger partial charge in [-0.15, -0.1) is 0 Å². The molecule has 0 aliphatic heterocycles. The highest BCUT2D eigenvalue weighted by atomic mass is 79.9. The van der Waals surface area contributed by atoms with Crippen LogP contribution in [0.25, 0.3) is 0 Å². The van der Waals surface area contributed by atoms with Crippen LogP contribution in [0.5, 0.6) is 0 Å². The van der Waals surface area contributed by atoms with E-state index in [1.54, 1.807) is 0 Å². The maximum atomic E-state index is 4.29. The van der Waals surface area contributed by atoms with Crippen LogP contribution in [0, 0.1) is 6.92 Å². The van der Waals surface area contributed by atoms with Crippen molar-refractivity contribution in [2.24, 2.45) is 0 Å². The second-order valence-corrected chi connectivity index (χ2v) is 4.10. The Labute approximate surface area is 97.3 Å². The molecule has 3 nitrogen and oxygen atoms in total. The van der Waals surface area contributed by atoms with Gasteiger partial charge in [0.1, 0.15) is 0 Å². The van der Waals surface area contributed by atoms with E-state index in [4.69, 9.17) is 0 Å². The summed E-state index contributed by atoms with van der Waals surface area (Å²) in [6.45, 7) is 2.96. The molecule has 0 spiro atoms. The van der Waals surface area contributed by atoms with Crippen LogP contribution in [0.2, 0.25) is 0 Å². The first-order valence-electron chi connectivity index (χ1n) is 4.85. The summed E-state index contributed by atoms with van der Waals surface area (Å²) in [6.07, 6.45) is 4.62. The first-order chi connectivity index (χ1) is 7.27. The van der Waals surface area contributed by atoms with Crippen molar-refractivity contribution in [3.05, 3.63) is 46.7 Å². The molecule has 0 saturated heterocycles. The van der Waals surface area contributed by atoms with E-state index in [1.807, 2.05) is 30.6 Å². The molecule has 4 heteroatoms. The van der Waals surface area contributed by atoms with Gasteiger partial charge in [0, 0.05) is 36.7 Å². The molecule has 0 unspecified atom stereocenters. The van der Waals surface area contributed by atoms with Crippen LogP contribution in [0.4, 0.5) is 0 Å². The lowest BCUT2D eigenvalue weighted by molar-refractivity contribution is 0.654. The first kappa shape index (κ1) is 10.4. The predicted molar refractivity (Wildman–Crippen MR) is 62.6 cm³/mol. The Bertz CT molecular complexity index is 417. The lowest BCUT2D eigenvalue weighted by Crippen LogP contribution is -2.04. The van der Waals surface area contributed by atoms with E-state index in [1.165, 1.54) is 0 Å². The number of hydrogen-bond donors (Lipinski definition) is 0. The van der Waals surface area contributed by atoms with Crippen molar-refractivity contribution in [2.75, 3.05) is 0 Å². The molecule has 0 bridgehead atoms. The number of hydrogen-bond acceptors (Lipinski definition) is 2. The van der Waals surface area contributed by atoms with Crippen molar-refractivity contribution in [1.29, 1.82) is 0 Å². The van der Waals surface area contributed by atoms with Gasteiger partial charge in [0.15, 0.2) is 4.73 Å². The van der Waals surface area contributed by atoms with Crippen molar-refractivity contribution in [2.45, 2.75) is 19.9 Å². The largest absolute Gasteiger partial charge is 0.323 e. The molecular formula is C11H12BrN3. The fourth-order valence-electron chi connectivity index (χ4n) is 1.47. The Balaban J connectivity index is 2.05. The number of pyridine rings is 1. The average Bonchev–Trinajstić information content (AvgIpc) is 2.58. The number of rotatable bonds is 3. The second-order valence-electron chi connectivity index (χ2n) is 3.39. The normalized spacial score (nSPS) is 10.5. The van der Waals surface area contributed by atoms with Gasteiger partial charge >= 0.3 is 0 Å². The van der Waals surface area contributed by atoms with E-state index in [0.717, 1.165) is 29.1 Å². The van der Waals surface area contributed by atoms with Gasteiger partial charge in [0.2, 0.25) is 0 Å². The molecule has 2 aromatic heterocycles. The maximum Gasteiger partial charge on any atom is 0.177 e. The highest BCUT2D eigenvalue weighted by molar-refractivity contribution is 9.10. The Morgan fingerprint density at radius 3 is 2.80 bits per heavy atom. The summed E-state index contributed by atoms with van der Waals surface area (Å²) >= 11 is 3.42. The molecule has 2 rings (SSSR count). The maximum absolute atomic E-state index is 4.29. The van der Waals surface area contributed by atoms with Crippen LogP contribution in [-0.2, 0) is 13.0 Å². The topological polar surface area (TPSA) is 30.7 Å². The minimum atomic E-state index is 0.885. The SMILES string of the molecule is Cc1cnc(Br)n1CCc1ccccn1. The van der Waals surface area contributed by atoms with Crippen molar-refractivity contribution < 1.29 is 0 Å². The third-order valence-electron chi connectivity index (χ3n) is 2.32. The van der Waals surface area contributed by atoms with E-state index in [0.29, 0.717) is 0 Å².